The number of carbonyl (C=O) groups excluding carboxylic acids is 4. The Morgan fingerprint density at radius 3 is 2.83 bits per heavy atom. The zero-order valence-electron chi connectivity index (χ0n) is 19.1. The fourth-order valence-corrected chi connectivity index (χ4v) is 4.57. The minimum Gasteiger partial charge on any atom is -0.322 e. The number of nitrogens with zero attached hydrogens (tertiary/aromatic N) is 3. The SMILES string of the molecule is CN1C[N+](=O)c2cccc(OOC(=O)NCc3ccc4c(c3F)C(=O)N(C3CCC(=O)NC3=O)C4)c21. The van der Waals surface area contributed by atoms with Crippen molar-refractivity contribution < 1.29 is 38.1 Å². The van der Waals surface area contributed by atoms with Gasteiger partial charge in [-0.05, 0) is 18.1 Å². The fraction of sp³-hybridized carbons (Fsp3) is 0.304. The molecule has 12 nitrogen and oxygen atoms in total. The monoisotopic (exact) mass is 498 g/mol. The number of rotatable bonds is 5. The van der Waals surface area contributed by atoms with Crippen LogP contribution in [0.25, 0.3) is 0 Å². The molecule has 1 saturated heterocycles. The topological polar surface area (TPSA) is 137 Å². The largest absolute Gasteiger partial charge is 0.450 e. The van der Waals surface area contributed by atoms with Gasteiger partial charge in [-0.1, -0.05) is 18.2 Å². The molecule has 5 rings (SSSR count). The molecule has 1 atom stereocenters. The molecule has 0 aromatic heterocycles. The average molecular weight is 498 g/mol. The van der Waals surface area contributed by atoms with Crippen molar-refractivity contribution in [2.75, 3.05) is 18.6 Å². The van der Waals surface area contributed by atoms with Crippen molar-refractivity contribution in [3.8, 4) is 5.75 Å². The van der Waals surface area contributed by atoms with Crippen LogP contribution >= 0.6 is 0 Å². The number of halogens is 1. The summed E-state index contributed by atoms with van der Waals surface area (Å²) in [4.78, 5) is 73.3. The predicted molar refractivity (Wildman–Crippen MR) is 119 cm³/mol. The number of para-hydroxylation sites is 1. The van der Waals surface area contributed by atoms with Crippen molar-refractivity contribution >= 4 is 35.2 Å². The van der Waals surface area contributed by atoms with Gasteiger partial charge in [0.1, 0.15) is 11.9 Å². The van der Waals surface area contributed by atoms with E-state index in [9.17, 15) is 24.1 Å². The van der Waals surface area contributed by atoms with E-state index in [0.29, 0.717) is 16.9 Å². The van der Waals surface area contributed by atoms with Gasteiger partial charge in [-0.3, -0.25) is 24.6 Å². The third kappa shape index (κ3) is 3.97. The second-order valence-electron chi connectivity index (χ2n) is 8.62. The van der Waals surface area contributed by atoms with Crippen molar-refractivity contribution in [3.63, 3.8) is 0 Å². The molecule has 0 saturated carbocycles. The third-order valence-electron chi connectivity index (χ3n) is 6.31. The summed E-state index contributed by atoms with van der Waals surface area (Å²) in [6, 6.07) is 6.84. The molecular formula is C23H21FN5O7+. The highest BCUT2D eigenvalue weighted by molar-refractivity contribution is 6.05. The van der Waals surface area contributed by atoms with Crippen molar-refractivity contribution in [1.82, 2.24) is 15.5 Å². The van der Waals surface area contributed by atoms with Crippen LogP contribution in [0.2, 0.25) is 0 Å². The molecule has 13 heteroatoms. The third-order valence-corrected chi connectivity index (χ3v) is 6.31. The Hall–Kier alpha value is -4.55. The lowest BCUT2D eigenvalue weighted by Gasteiger charge is -2.29. The highest BCUT2D eigenvalue weighted by Crippen LogP contribution is 2.41. The van der Waals surface area contributed by atoms with Crippen LogP contribution in [-0.4, -0.2) is 53.2 Å². The molecule has 1 fully saturated rings. The van der Waals surface area contributed by atoms with Crippen LogP contribution < -0.4 is 20.4 Å². The van der Waals surface area contributed by atoms with Crippen LogP contribution in [0.5, 0.6) is 5.75 Å². The van der Waals surface area contributed by atoms with Gasteiger partial charge in [0.05, 0.1) is 10.3 Å². The summed E-state index contributed by atoms with van der Waals surface area (Å²) in [6.45, 7) is -0.162. The van der Waals surface area contributed by atoms with Gasteiger partial charge in [0.2, 0.25) is 17.6 Å². The summed E-state index contributed by atoms with van der Waals surface area (Å²) in [5.74, 6) is -2.31. The lowest BCUT2D eigenvalue weighted by molar-refractivity contribution is -0.451. The van der Waals surface area contributed by atoms with Crippen LogP contribution in [0.4, 0.5) is 20.6 Å². The van der Waals surface area contributed by atoms with Gasteiger partial charge in [0.25, 0.3) is 18.3 Å². The van der Waals surface area contributed by atoms with Gasteiger partial charge < -0.3 is 15.1 Å². The van der Waals surface area contributed by atoms with Crippen LogP contribution in [-0.2, 0) is 27.6 Å². The first-order chi connectivity index (χ1) is 17.2. The number of fused-ring (bicyclic) bond motifs is 2. The van der Waals surface area contributed by atoms with Gasteiger partial charge in [0.15, 0.2) is 5.69 Å². The molecule has 3 heterocycles. The van der Waals surface area contributed by atoms with Crippen LogP contribution in [0.1, 0.15) is 34.3 Å². The van der Waals surface area contributed by atoms with Gasteiger partial charge in [0, 0.05) is 43.1 Å². The lowest BCUT2D eigenvalue weighted by atomic mass is 10.0. The summed E-state index contributed by atoms with van der Waals surface area (Å²) < 4.78 is 16.0. The molecule has 2 aromatic rings. The van der Waals surface area contributed by atoms with E-state index in [1.54, 1.807) is 30.1 Å². The second kappa shape index (κ2) is 8.91. The maximum Gasteiger partial charge on any atom is 0.450 e. The number of nitrogens with one attached hydrogen (secondary N) is 2. The first-order valence-electron chi connectivity index (χ1n) is 11.1. The number of nitroso groups, excluding NO2 is 1. The molecule has 2 N–H and O–H groups in total. The van der Waals surface area contributed by atoms with Gasteiger partial charge in [-0.2, -0.15) is 0 Å². The molecular weight excluding hydrogens is 477 g/mol. The Labute approximate surface area is 203 Å². The first-order valence-corrected chi connectivity index (χ1v) is 11.1. The van der Waals surface area contributed by atoms with E-state index in [1.807, 2.05) is 0 Å². The molecule has 0 spiro atoms. The number of piperidine rings is 1. The minimum absolute atomic E-state index is 0.0338. The van der Waals surface area contributed by atoms with Crippen LogP contribution in [0, 0.1) is 10.7 Å². The Balaban J connectivity index is 1.22. The fourth-order valence-electron chi connectivity index (χ4n) is 4.57. The van der Waals surface area contributed by atoms with Crippen LogP contribution in [0.3, 0.4) is 0 Å². The molecule has 3 aliphatic heterocycles. The van der Waals surface area contributed by atoms with E-state index in [2.05, 4.69) is 10.6 Å². The predicted octanol–water partition coefficient (Wildman–Crippen LogP) is 1.62. The number of hydrogen-bond acceptors (Lipinski definition) is 8. The number of imide groups is 1. The van der Waals surface area contributed by atoms with E-state index in [4.69, 9.17) is 9.78 Å². The van der Waals surface area contributed by atoms with Crippen molar-refractivity contribution in [3.05, 3.63) is 57.7 Å². The van der Waals surface area contributed by atoms with Crippen LogP contribution in [0.15, 0.2) is 30.3 Å². The molecule has 186 valence electrons. The summed E-state index contributed by atoms with van der Waals surface area (Å²) in [5, 5.41) is 4.55. The number of amides is 4. The number of carbonyl (C=O) groups is 4. The number of anilines is 1. The Kier molecular flexibility index (Phi) is 5.74. The quantitative estimate of drug-likeness (QED) is 0.275. The maximum atomic E-state index is 15.2. The van der Waals surface area contributed by atoms with E-state index < -0.39 is 35.7 Å². The van der Waals surface area contributed by atoms with E-state index in [1.165, 1.54) is 17.0 Å². The molecule has 0 radical (unpaired) electrons. The smallest absolute Gasteiger partial charge is 0.322 e. The minimum atomic E-state index is -1.01. The van der Waals surface area contributed by atoms with Gasteiger partial charge in [-0.25, -0.2) is 14.1 Å². The molecule has 2 aromatic carbocycles. The van der Waals surface area contributed by atoms with E-state index in [-0.39, 0.29) is 49.5 Å². The van der Waals surface area contributed by atoms with Gasteiger partial charge in [-0.15, -0.1) is 0 Å². The highest BCUT2D eigenvalue weighted by Gasteiger charge is 2.41. The average Bonchev–Trinajstić information content (AvgIpc) is 3.33. The first kappa shape index (κ1) is 23.2. The molecule has 0 bridgehead atoms. The summed E-state index contributed by atoms with van der Waals surface area (Å²) >= 11 is 0. The lowest BCUT2D eigenvalue weighted by Crippen LogP contribution is -2.52. The normalized spacial score (nSPS) is 18.7. The van der Waals surface area contributed by atoms with E-state index in [0.717, 1.165) is 4.76 Å². The zero-order chi connectivity index (χ0) is 25.6. The Bertz CT molecular complexity index is 1330. The van der Waals surface area contributed by atoms with Crippen molar-refractivity contribution in [2.45, 2.75) is 32.0 Å². The van der Waals surface area contributed by atoms with Crippen molar-refractivity contribution in [2.24, 2.45) is 0 Å². The molecule has 3 aliphatic rings. The van der Waals surface area contributed by atoms with Crippen molar-refractivity contribution in [1.29, 1.82) is 0 Å². The zero-order valence-corrected chi connectivity index (χ0v) is 19.1. The van der Waals surface area contributed by atoms with Gasteiger partial charge >= 0.3 is 6.09 Å². The number of hydrogen-bond donors (Lipinski definition) is 2. The number of benzene rings is 2. The molecule has 36 heavy (non-hydrogen) atoms. The summed E-state index contributed by atoms with van der Waals surface area (Å²) in [6.07, 6.45) is -0.751. The van der Waals surface area contributed by atoms with E-state index >= 15 is 4.39 Å². The second-order valence-corrected chi connectivity index (χ2v) is 8.62. The molecule has 0 aliphatic carbocycles. The summed E-state index contributed by atoms with van der Waals surface area (Å²) in [7, 11) is 1.68. The molecule has 4 amide bonds. The highest BCUT2D eigenvalue weighted by atomic mass is 19.1. The standard InChI is InChI=1S/C23H20FN5O7/c1-27-11-29(34)14-3-2-4-16(20(14)27)35-36-23(33)25-9-12-5-6-13-10-28(22(32)18(13)19(12)24)15-7-8-17(30)26-21(15)31/h2-6,15H,7-11H2,1H3,(H-,25,26,30,31,33)/p+1. The maximum absolute atomic E-state index is 15.2. The Morgan fingerprint density at radius 2 is 2.06 bits per heavy atom. The Morgan fingerprint density at radius 1 is 1.25 bits per heavy atom. The molecule has 1 unspecified atom stereocenters. The summed E-state index contributed by atoms with van der Waals surface area (Å²) in [5.41, 5.74) is 1.10.